The van der Waals surface area contributed by atoms with Gasteiger partial charge in [-0.3, -0.25) is 0 Å². The van der Waals surface area contributed by atoms with E-state index in [-0.39, 0.29) is 0 Å². The monoisotopic (exact) mass is 212 g/mol. The molecule has 4 heteroatoms. The molecule has 0 aromatic heterocycles. The molecule has 0 aromatic carbocycles. The van der Waals surface area contributed by atoms with Crippen molar-refractivity contribution < 1.29 is 0 Å². The number of unbranched alkanes of at least 4 members (excludes halogenated alkanes) is 2. The van der Waals surface area contributed by atoms with Gasteiger partial charge < -0.3 is 0 Å². The van der Waals surface area contributed by atoms with Gasteiger partial charge in [0.2, 0.25) is 0 Å². The summed E-state index contributed by atoms with van der Waals surface area (Å²) in [5.41, 5.74) is 0. The smallest absolute Gasteiger partial charge is 0.0311 e. The van der Waals surface area contributed by atoms with Crippen LogP contribution in [0.2, 0.25) is 0 Å². The Morgan fingerprint density at radius 3 is 1.42 bits per heavy atom. The highest BCUT2D eigenvalue weighted by Crippen LogP contribution is 2.09. The molecule has 0 rings (SSSR count). The van der Waals surface area contributed by atoms with E-state index >= 15 is 0 Å². The van der Waals surface area contributed by atoms with E-state index < -0.39 is 0 Å². The molecule has 0 spiro atoms. The average molecular weight is 213 g/mol. The van der Waals surface area contributed by atoms with E-state index in [4.69, 9.17) is 23.6 Å². The van der Waals surface area contributed by atoms with Crippen LogP contribution in [0, 0.1) is 0 Å². The van der Waals surface area contributed by atoms with E-state index in [1.165, 1.54) is 0 Å². The van der Waals surface area contributed by atoms with Gasteiger partial charge in [0, 0.05) is 13.1 Å². The molecular weight excluding hydrogens is 195 g/mol. The summed E-state index contributed by atoms with van der Waals surface area (Å²) in [7, 11) is 0. The van der Waals surface area contributed by atoms with Crippen LogP contribution in [0.4, 0.5) is 0 Å². The maximum Gasteiger partial charge on any atom is 0.0311 e. The second-order valence-electron chi connectivity index (χ2n) is 2.83. The minimum atomic E-state index is 0.825. The number of hydrogen-bond donors (Lipinski definition) is 0. The Balaban J connectivity index is 3.39. The van der Waals surface area contributed by atoms with Crippen molar-refractivity contribution in [2.45, 2.75) is 39.5 Å². The molecule has 0 aliphatic carbocycles. The summed E-state index contributed by atoms with van der Waals surface area (Å²) in [5.74, 6) is 0. The summed E-state index contributed by atoms with van der Waals surface area (Å²) < 4.78 is 3.11. The molecule has 0 unspecified atom stereocenters. The van der Waals surface area contributed by atoms with Gasteiger partial charge in [0.1, 0.15) is 0 Å². The van der Waals surface area contributed by atoms with Crippen LogP contribution in [0.15, 0.2) is 0 Å². The minimum Gasteiger partial charge on any atom is -0.139 e. The van der Waals surface area contributed by atoms with Crippen LogP contribution in [0.1, 0.15) is 39.5 Å². The molecule has 0 amide bonds. The molecule has 0 radical (unpaired) electrons. The number of hydrogen-bond acceptors (Lipinski definition) is 2. The highest BCUT2D eigenvalue weighted by molar-refractivity contribution is 6.19. The lowest BCUT2D eigenvalue weighted by molar-refractivity contribution is 0.171. The van der Waals surface area contributed by atoms with E-state index in [0.717, 1.165) is 38.8 Å². The van der Waals surface area contributed by atoms with Crippen LogP contribution >= 0.6 is 23.6 Å². The number of rotatable bonds is 7. The van der Waals surface area contributed by atoms with Gasteiger partial charge in [-0.15, -0.1) is 9.06 Å². The van der Waals surface area contributed by atoms with Crippen LogP contribution in [0.25, 0.3) is 0 Å². The van der Waals surface area contributed by atoms with E-state index in [0.29, 0.717) is 0 Å². The molecule has 0 atom stereocenters. The molecule has 0 fully saturated rings. The fraction of sp³-hybridized carbons (Fsp3) is 1.00. The van der Waals surface area contributed by atoms with Crippen molar-refractivity contribution in [3.8, 4) is 0 Å². The number of nitrogens with zero attached hydrogens (tertiary/aromatic N) is 2. The third-order valence-corrected chi connectivity index (χ3v) is 2.41. The standard InChI is InChI=1S/C8H18Cl2N2/c1-3-5-7-11(9)12(10)8-6-4-2/h3-8H2,1-2H3. The largest absolute Gasteiger partial charge is 0.139 e. The first kappa shape index (κ1) is 12.5. The summed E-state index contributed by atoms with van der Waals surface area (Å²) in [5, 5.41) is 0. The lowest BCUT2D eigenvalue weighted by Gasteiger charge is -2.21. The topological polar surface area (TPSA) is 6.48 Å². The Kier molecular flexibility index (Phi) is 8.45. The zero-order chi connectivity index (χ0) is 9.40. The third-order valence-electron chi connectivity index (χ3n) is 1.63. The first-order chi connectivity index (χ1) is 5.72. The summed E-state index contributed by atoms with van der Waals surface area (Å²) in [6.45, 7) is 5.92. The molecule has 12 heavy (non-hydrogen) atoms. The highest BCUT2D eigenvalue weighted by Gasteiger charge is 2.08. The fourth-order valence-corrected chi connectivity index (χ4v) is 1.18. The predicted octanol–water partition coefficient (Wildman–Crippen LogP) is 3.41. The van der Waals surface area contributed by atoms with Crippen LogP contribution < -0.4 is 0 Å². The second-order valence-corrected chi connectivity index (χ2v) is 3.61. The lowest BCUT2D eigenvalue weighted by atomic mass is 10.3. The zero-order valence-electron chi connectivity index (χ0n) is 7.89. The SMILES string of the molecule is CCCCN(Cl)N(Cl)CCCC. The van der Waals surface area contributed by atoms with Gasteiger partial charge in [-0.1, -0.05) is 26.7 Å². The van der Waals surface area contributed by atoms with Crippen LogP contribution in [-0.4, -0.2) is 22.1 Å². The Hall–Kier alpha value is 0.500. The van der Waals surface area contributed by atoms with E-state index in [1.807, 2.05) is 0 Å². The van der Waals surface area contributed by atoms with E-state index in [2.05, 4.69) is 13.8 Å². The van der Waals surface area contributed by atoms with Gasteiger partial charge in [-0.05, 0) is 36.4 Å². The Morgan fingerprint density at radius 2 is 1.17 bits per heavy atom. The number of halogens is 2. The Bertz CT molecular complexity index is 89.1. The fourth-order valence-electron chi connectivity index (χ4n) is 0.794. The van der Waals surface area contributed by atoms with Crippen LogP contribution in [0.5, 0.6) is 0 Å². The minimum absolute atomic E-state index is 0.825. The quantitative estimate of drug-likeness (QED) is 0.472. The first-order valence-electron chi connectivity index (χ1n) is 4.58. The molecule has 0 aliphatic rings. The molecule has 0 saturated heterocycles. The van der Waals surface area contributed by atoms with Crippen molar-refractivity contribution in [3.63, 3.8) is 0 Å². The number of hydrazine groups is 1. The van der Waals surface area contributed by atoms with Gasteiger partial charge >= 0.3 is 0 Å². The van der Waals surface area contributed by atoms with Gasteiger partial charge in [0.05, 0.1) is 0 Å². The maximum atomic E-state index is 5.87. The second kappa shape index (κ2) is 8.11. The molecule has 2 nitrogen and oxygen atoms in total. The molecule has 0 bridgehead atoms. The van der Waals surface area contributed by atoms with Crippen molar-refractivity contribution in [2.24, 2.45) is 0 Å². The lowest BCUT2D eigenvalue weighted by Crippen LogP contribution is -2.29. The van der Waals surface area contributed by atoms with Crippen molar-refractivity contribution in [2.75, 3.05) is 13.1 Å². The average Bonchev–Trinajstić information content (AvgIpc) is 2.10. The molecule has 0 heterocycles. The molecule has 74 valence electrons. The van der Waals surface area contributed by atoms with Gasteiger partial charge in [0.25, 0.3) is 0 Å². The van der Waals surface area contributed by atoms with Crippen LogP contribution in [0.3, 0.4) is 0 Å². The predicted molar refractivity (Wildman–Crippen MR) is 54.9 cm³/mol. The summed E-state index contributed by atoms with van der Waals surface area (Å²) >= 11 is 11.7. The van der Waals surface area contributed by atoms with Crippen molar-refractivity contribution in [1.82, 2.24) is 9.06 Å². The normalized spacial score (nSPS) is 11.5. The Morgan fingerprint density at radius 1 is 0.833 bits per heavy atom. The summed E-state index contributed by atoms with van der Waals surface area (Å²) in [6, 6.07) is 0. The van der Waals surface area contributed by atoms with E-state index in [9.17, 15) is 0 Å². The molecule has 0 saturated carbocycles. The molecular formula is C8H18Cl2N2. The van der Waals surface area contributed by atoms with Crippen molar-refractivity contribution in [1.29, 1.82) is 0 Å². The summed E-state index contributed by atoms with van der Waals surface area (Å²) in [6.07, 6.45) is 4.45. The molecule has 0 aliphatic heterocycles. The van der Waals surface area contributed by atoms with Crippen LogP contribution in [-0.2, 0) is 0 Å². The highest BCUT2D eigenvalue weighted by atomic mass is 35.5. The third kappa shape index (κ3) is 6.06. The van der Waals surface area contributed by atoms with Gasteiger partial charge in [0.15, 0.2) is 0 Å². The van der Waals surface area contributed by atoms with Gasteiger partial charge in [-0.2, -0.15) is 0 Å². The zero-order valence-corrected chi connectivity index (χ0v) is 9.40. The Labute approximate surface area is 85.6 Å². The van der Waals surface area contributed by atoms with Crippen molar-refractivity contribution >= 4 is 23.6 Å². The first-order valence-corrected chi connectivity index (χ1v) is 5.26. The van der Waals surface area contributed by atoms with E-state index in [1.54, 1.807) is 9.06 Å². The maximum absolute atomic E-state index is 5.87. The molecule has 0 N–H and O–H groups in total. The molecule has 0 aromatic rings. The van der Waals surface area contributed by atoms with Crippen molar-refractivity contribution in [3.05, 3.63) is 0 Å². The van der Waals surface area contributed by atoms with Gasteiger partial charge in [-0.25, -0.2) is 0 Å². The summed E-state index contributed by atoms with van der Waals surface area (Å²) in [4.78, 5) is 0.